The fourth-order valence-electron chi connectivity index (χ4n) is 2.20. The van der Waals surface area contributed by atoms with Crippen molar-refractivity contribution in [3.8, 4) is 0 Å². The molecule has 2 heterocycles. The van der Waals surface area contributed by atoms with Gasteiger partial charge >= 0.3 is 0 Å². The van der Waals surface area contributed by atoms with Crippen LogP contribution in [0.3, 0.4) is 0 Å². The molecule has 5 heteroatoms. The average Bonchev–Trinajstić information content (AvgIpc) is 2.97. The summed E-state index contributed by atoms with van der Waals surface area (Å²) >= 11 is 1.70. The van der Waals surface area contributed by atoms with E-state index in [0.717, 1.165) is 19.3 Å². The van der Waals surface area contributed by atoms with E-state index >= 15 is 0 Å². The highest BCUT2D eigenvalue weighted by molar-refractivity contribution is 7.10. The van der Waals surface area contributed by atoms with Gasteiger partial charge in [-0.15, -0.1) is 11.3 Å². The normalized spacial score (nSPS) is 18.6. The lowest BCUT2D eigenvalue weighted by Crippen LogP contribution is -2.44. The zero-order valence-electron chi connectivity index (χ0n) is 10.6. The lowest BCUT2D eigenvalue weighted by atomic mass is 9.77. The van der Waals surface area contributed by atoms with Crippen LogP contribution in [0.1, 0.15) is 49.7 Å². The van der Waals surface area contributed by atoms with Crippen molar-refractivity contribution in [2.75, 3.05) is 0 Å². The Kier molecular flexibility index (Phi) is 2.57. The smallest absolute Gasteiger partial charge is 0.237 e. The minimum absolute atomic E-state index is 0.250. The maximum Gasteiger partial charge on any atom is 0.237 e. The second kappa shape index (κ2) is 3.90. The molecule has 96 valence electrons. The summed E-state index contributed by atoms with van der Waals surface area (Å²) in [6, 6.07) is 4.13. The zero-order chi connectivity index (χ0) is 12.8. The molecule has 1 aliphatic carbocycles. The minimum atomic E-state index is -0.354. The van der Waals surface area contributed by atoms with E-state index in [1.54, 1.807) is 11.3 Å². The number of nitrogens with two attached hydrogens (primary N) is 1. The molecule has 0 radical (unpaired) electrons. The summed E-state index contributed by atoms with van der Waals surface area (Å²) in [6.07, 6.45) is 3.05. The van der Waals surface area contributed by atoms with E-state index < -0.39 is 0 Å². The Labute approximate surface area is 110 Å². The molecule has 18 heavy (non-hydrogen) atoms. The number of thiophene rings is 1. The van der Waals surface area contributed by atoms with Crippen LogP contribution < -0.4 is 5.73 Å². The Morgan fingerprint density at radius 1 is 1.44 bits per heavy atom. The fourth-order valence-corrected chi connectivity index (χ4v) is 3.04. The van der Waals surface area contributed by atoms with Crippen LogP contribution in [0.5, 0.6) is 0 Å². The zero-order valence-corrected chi connectivity index (χ0v) is 11.5. The molecule has 0 spiro atoms. The van der Waals surface area contributed by atoms with Gasteiger partial charge in [0.25, 0.3) is 0 Å². The van der Waals surface area contributed by atoms with Gasteiger partial charge in [0.1, 0.15) is 0 Å². The van der Waals surface area contributed by atoms with Crippen LogP contribution in [0.2, 0.25) is 0 Å². The highest BCUT2D eigenvalue weighted by Crippen LogP contribution is 2.39. The van der Waals surface area contributed by atoms with Crippen LogP contribution in [0.15, 0.2) is 22.0 Å². The van der Waals surface area contributed by atoms with Gasteiger partial charge in [-0.2, -0.15) is 4.98 Å². The van der Waals surface area contributed by atoms with Crippen molar-refractivity contribution in [1.82, 2.24) is 10.1 Å². The van der Waals surface area contributed by atoms with Crippen molar-refractivity contribution >= 4 is 11.3 Å². The summed E-state index contributed by atoms with van der Waals surface area (Å²) in [5.74, 6) is 1.31. The van der Waals surface area contributed by atoms with E-state index in [1.807, 2.05) is 6.07 Å². The summed E-state index contributed by atoms with van der Waals surface area (Å²) in [6.45, 7) is 4.19. The van der Waals surface area contributed by atoms with Crippen molar-refractivity contribution in [1.29, 1.82) is 0 Å². The topological polar surface area (TPSA) is 64.9 Å². The van der Waals surface area contributed by atoms with E-state index in [0.29, 0.717) is 11.7 Å². The van der Waals surface area contributed by atoms with E-state index in [9.17, 15) is 0 Å². The van der Waals surface area contributed by atoms with Gasteiger partial charge in [-0.25, -0.2) is 0 Å². The van der Waals surface area contributed by atoms with Crippen LogP contribution in [0.4, 0.5) is 0 Å². The van der Waals surface area contributed by atoms with Gasteiger partial charge in [0.15, 0.2) is 5.82 Å². The lowest BCUT2D eigenvalue weighted by Gasteiger charge is -2.34. The Morgan fingerprint density at radius 3 is 2.78 bits per heavy atom. The van der Waals surface area contributed by atoms with Gasteiger partial charge < -0.3 is 10.3 Å². The maximum absolute atomic E-state index is 6.22. The van der Waals surface area contributed by atoms with Crippen LogP contribution in [-0.4, -0.2) is 10.1 Å². The third-order valence-electron chi connectivity index (χ3n) is 3.79. The summed E-state index contributed by atoms with van der Waals surface area (Å²) < 4.78 is 5.44. The molecule has 0 atom stereocenters. The number of rotatable bonds is 3. The SMILES string of the molecule is CC(C)(c1nc(C2(N)CCC2)no1)c1cccs1. The molecular weight excluding hydrogens is 246 g/mol. The van der Waals surface area contributed by atoms with E-state index in [4.69, 9.17) is 10.3 Å². The first-order valence-corrected chi connectivity index (χ1v) is 7.08. The molecule has 1 aliphatic rings. The highest BCUT2D eigenvalue weighted by atomic mass is 32.1. The van der Waals surface area contributed by atoms with Gasteiger partial charge in [0, 0.05) is 4.88 Å². The predicted molar refractivity (Wildman–Crippen MR) is 70.5 cm³/mol. The second-order valence-electron chi connectivity index (χ2n) is 5.54. The molecular formula is C13H17N3OS. The number of nitrogens with zero attached hydrogens (tertiary/aromatic N) is 2. The molecule has 0 saturated heterocycles. The predicted octanol–water partition coefficient (Wildman–Crippen LogP) is 2.79. The largest absolute Gasteiger partial charge is 0.338 e. The number of aromatic nitrogens is 2. The molecule has 1 fully saturated rings. The molecule has 0 unspecified atom stereocenters. The summed E-state index contributed by atoms with van der Waals surface area (Å²) in [5.41, 5.74) is 5.61. The van der Waals surface area contributed by atoms with Crippen molar-refractivity contribution in [2.24, 2.45) is 5.73 Å². The van der Waals surface area contributed by atoms with Crippen molar-refractivity contribution in [3.63, 3.8) is 0 Å². The Morgan fingerprint density at radius 2 is 2.22 bits per heavy atom. The van der Waals surface area contributed by atoms with Crippen LogP contribution >= 0.6 is 11.3 Å². The van der Waals surface area contributed by atoms with Crippen LogP contribution in [0.25, 0.3) is 0 Å². The first-order valence-electron chi connectivity index (χ1n) is 6.20. The van der Waals surface area contributed by atoms with Crippen molar-refractivity contribution in [2.45, 2.75) is 44.1 Å². The van der Waals surface area contributed by atoms with Crippen molar-refractivity contribution < 1.29 is 4.52 Å². The van der Waals surface area contributed by atoms with Gasteiger partial charge in [-0.1, -0.05) is 11.2 Å². The summed E-state index contributed by atoms with van der Waals surface area (Å²) in [7, 11) is 0. The first kappa shape index (κ1) is 11.9. The molecule has 2 aromatic heterocycles. The van der Waals surface area contributed by atoms with E-state index in [-0.39, 0.29) is 11.0 Å². The maximum atomic E-state index is 6.22. The second-order valence-corrected chi connectivity index (χ2v) is 6.48. The lowest BCUT2D eigenvalue weighted by molar-refractivity contribution is 0.228. The summed E-state index contributed by atoms with van der Waals surface area (Å²) in [4.78, 5) is 5.76. The molecule has 3 rings (SSSR count). The molecule has 4 nitrogen and oxygen atoms in total. The number of hydrogen-bond donors (Lipinski definition) is 1. The molecule has 0 amide bonds. The molecule has 0 aromatic carbocycles. The average molecular weight is 263 g/mol. The molecule has 2 N–H and O–H groups in total. The van der Waals surface area contributed by atoms with Gasteiger partial charge in [-0.3, -0.25) is 0 Å². The monoisotopic (exact) mass is 263 g/mol. The Balaban J connectivity index is 1.93. The number of hydrogen-bond acceptors (Lipinski definition) is 5. The molecule has 0 bridgehead atoms. The minimum Gasteiger partial charge on any atom is -0.338 e. The quantitative estimate of drug-likeness (QED) is 0.924. The van der Waals surface area contributed by atoms with E-state index in [1.165, 1.54) is 4.88 Å². The standard InChI is InChI=1S/C13H17N3OS/c1-12(2,9-5-3-8-18-9)11-15-10(16-17-11)13(14)6-4-7-13/h3,5,8H,4,6-7,14H2,1-2H3. The van der Waals surface area contributed by atoms with Gasteiger partial charge in [0.05, 0.1) is 11.0 Å². The highest BCUT2D eigenvalue weighted by Gasteiger charge is 2.41. The third-order valence-corrected chi connectivity index (χ3v) is 4.98. The molecule has 1 saturated carbocycles. The van der Waals surface area contributed by atoms with E-state index in [2.05, 4.69) is 35.4 Å². The molecule has 2 aromatic rings. The van der Waals surface area contributed by atoms with Crippen LogP contribution in [-0.2, 0) is 11.0 Å². The van der Waals surface area contributed by atoms with Gasteiger partial charge in [0.2, 0.25) is 5.89 Å². The van der Waals surface area contributed by atoms with Crippen molar-refractivity contribution in [3.05, 3.63) is 34.1 Å². The third kappa shape index (κ3) is 1.69. The fraction of sp³-hybridized carbons (Fsp3) is 0.538. The summed E-state index contributed by atoms with van der Waals surface area (Å²) in [5, 5.41) is 6.14. The Bertz CT molecular complexity index is 540. The first-order chi connectivity index (χ1) is 8.52. The van der Waals surface area contributed by atoms with Gasteiger partial charge in [-0.05, 0) is 44.6 Å². The molecule has 0 aliphatic heterocycles. The Hall–Kier alpha value is -1.20. The van der Waals surface area contributed by atoms with Crippen LogP contribution in [0, 0.1) is 0 Å².